The lowest BCUT2D eigenvalue weighted by atomic mass is 9.80. The van der Waals surface area contributed by atoms with Crippen LogP contribution in [0.5, 0.6) is 0 Å². The zero-order valence-electron chi connectivity index (χ0n) is 13.2. The fraction of sp³-hybridized carbons (Fsp3) is 0.529. The molecule has 2 aliphatic rings. The van der Waals surface area contributed by atoms with Gasteiger partial charge in [-0.05, 0) is 56.8 Å². The summed E-state index contributed by atoms with van der Waals surface area (Å²) in [4.78, 5) is 16.2. The minimum absolute atomic E-state index is 0.0345. The zero-order chi connectivity index (χ0) is 16.2. The first-order valence-electron chi connectivity index (χ1n) is 8.22. The van der Waals surface area contributed by atoms with Crippen LogP contribution in [-0.4, -0.2) is 33.0 Å². The fourth-order valence-corrected chi connectivity index (χ4v) is 4.34. The highest BCUT2D eigenvalue weighted by molar-refractivity contribution is 5.86. The molecule has 6 nitrogen and oxygen atoms in total. The Labute approximate surface area is 134 Å². The molecule has 1 fully saturated rings. The second-order valence-electron chi connectivity index (χ2n) is 6.91. The van der Waals surface area contributed by atoms with Crippen molar-refractivity contribution < 1.29 is 10.0 Å². The van der Waals surface area contributed by atoms with Crippen LogP contribution in [0.25, 0.3) is 10.9 Å². The molecule has 0 spiro atoms. The molecule has 0 radical (unpaired) electrons. The van der Waals surface area contributed by atoms with E-state index < -0.39 is 11.2 Å². The first-order chi connectivity index (χ1) is 11.0. The number of rotatable bonds is 2. The van der Waals surface area contributed by atoms with Gasteiger partial charge in [-0.1, -0.05) is 6.07 Å². The standard InChI is InChI=1S/C17H21N3O3/c1-17-7-2-3-8-19(17)9-6-13-12-5-4-11(16(21)20(22)23)10-14(12)18-15(13)17/h4-5,10,16,18,21H,2-3,6-9H2,1H3. The van der Waals surface area contributed by atoms with Crippen molar-refractivity contribution >= 4 is 10.9 Å². The smallest absolute Gasteiger partial charge is 0.339 e. The number of piperidine rings is 1. The Kier molecular flexibility index (Phi) is 3.21. The van der Waals surface area contributed by atoms with Gasteiger partial charge in [0.25, 0.3) is 0 Å². The summed E-state index contributed by atoms with van der Waals surface area (Å²) in [6, 6.07) is 5.30. The highest BCUT2D eigenvalue weighted by Gasteiger charge is 2.41. The predicted molar refractivity (Wildman–Crippen MR) is 86.7 cm³/mol. The molecule has 122 valence electrons. The highest BCUT2D eigenvalue weighted by atomic mass is 16.7. The van der Waals surface area contributed by atoms with Crippen molar-refractivity contribution in [2.75, 3.05) is 13.1 Å². The first-order valence-corrected chi connectivity index (χ1v) is 8.22. The number of fused-ring (bicyclic) bond motifs is 5. The van der Waals surface area contributed by atoms with Crippen molar-refractivity contribution in [1.82, 2.24) is 9.88 Å². The Bertz CT molecular complexity index is 785. The molecule has 0 saturated carbocycles. The number of benzene rings is 1. The van der Waals surface area contributed by atoms with E-state index in [0.29, 0.717) is 5.56 Å². The van der Waals surface area contributed by atoms with Gasteiger partial charge in [0.1, 0.15) is 0 Å². The third-order valence-corrected chi connectivity index (χ3v) is 5.64. The lowest BCUT2D eigenvalue weighted by Gasteiger charge is -2.48. The molecule has 2 unspecified atom stereocenters. The molecular formula is C17H21N3O3. The SMILES string of the molecule is CC12CCCCN1CCc1c2[nH]c2cc(C(O)[N+](=O)[O-])ccc12. The number of aliphatic hydroxyl groups excluding tert-OH is 1. The van der Waals surface area contributed by atoms with E-state index in [4.69, 9.17) is 0 Å². The first kappa shape index (κ1) is 14.7. The molecule has 3 heterocycles. The minimum Gasteiger partial charge on any atom is -0.357 e. The van der Waals surface area contributed by atoms with E-state index in [1.165, 1.54) is 24.1 Å². The maximum absolute atomic E-state index is 10.8. The molecule has 2 aliphatic heterocycles. The molecule has 2 aromatic rings. The average Bonchev–Trinajstić information content (AvgIpc) is 2.92. The van der Waals surface area contributed by atoms with Crippen molar-refractivity contribution in [3.05, 3.63) is 45.1 Å². The van der Waals surface area contributed by atoms with Gasteiger partial charge in [-0.3, -0.25) is 15.0 Å². The number of nitro groups is 1. The molecule has 1 saturated heterocycles. The van der Waals surface area contributed by atoms with Gasteiger partial charge in [-0.25, -0.2) is 0 Å². The summed E-state index contributed by atoms with van der Waals surface area (Å²) in [7, 11) is 0. The number of aliphatic hydroxyl groups is 1. The normalized spacial score (nSPS) is 25.8. The summed E-state index contributed by atoms with van der Waals surface area (Å²) in [5.41, 5.74) is 3.84. The van der Waals surface area contributed by atoms with Gasteiger partial charge in [0.15, 0.2) is 0 Å². The predicted octanol–water partition coefficient (Wildman–Crippen LogP) is 2.69. The van der Waals surface area contributed by atoms with E-state index in [9.17, 15) is 15.2 Å². The molecule has 0 bridgehead atoms. The molecule has 0 aliphatic carbocycles. The Morgan fingerprint density at radius 2 is 2.22 bits per heavy atom. The van der Waals surface area contributed by atoms with E-state index >= 15 is 0 Å². The summed E-state index contributed by atoms with van der Waals surface area (Å²) < 4.78 is 0. The molecular weight excluding hydrogens is 294 g/mol. The van der Waals surface area contributed by atoms with E-state index in [0.717, 1.165) is 36.8 Å². The van der Waals surface area contributed by atoms with Gasteiger partial charge in [-0.2, -0.15) is 0 Å². The fourth-order valence-electron chi connectivity index (χ4n) is 4.34. The summed E-state index contributed by atoms with van der Waals surface area (Å²) >= 11 is 0. The van der Waals surface area contributed by atoms with Gasteiger partial charge in [0.05, 0.1) is 16.0 Å². The highest BCUT2D eigenvalue weighted by Crippen LogP contribution is 2.44. The quantitative estimate of drug-likeness (QED) is 0.507. The summed E-state index contributed by atoms with van der Waals surface area (Å²) in [5.74, 6) is 0. The molecule has 6 heteroatoms. The van der Waals surface area contributed by atoms with Gasteiger partial charge in [0, 0.05) is 23.1 Å². The molecule has 0 amide bonds. The Morgan fingerprint density at radius 3 is 3.00 bits per heavy atom. The van der Waals surface area contributed by atoms with Crippen molar-refractivity contribution in [3.63, 3.8) is 0 Å². The van der Waals surface area contributed by atoms with E-state index in [1.807, 2.05) is 6.07 Å². The second kappa shape index (κ2) is 5.04. The van der Waals surface area contributed by atoms with E-state index in [1.54, 1.807) is 12.1 Å². The van der Waals surface area contributed by atoms with Crippen molar-refractivity contribution in [3.8, 4) is 0 Å². The molecule has 2 atom stereocenters. The van der Waals surface area contributed by atoms with Gasteiger partial charge in [-0.15, -0.1) is 0 Å². The molecule has 4 rings (SSSR count). The third-order valence-electron chi connectivity index (χ3n) is 5.64. The third kappa shape index (κ3) is 2.09. The number of hydrogen-bond acceptors (Lipinski definition) is 4. The van der Waals surface area contributed by atoms with Crippen LogP contribution in [0.15, 0.2) is 18.2 Å². The number of hydrogen-bond donors (Lipinski definition) is 2. The summed E-state index contributed by atoms with van der Waals surface area (Å²) in [5, 5.41) is 21.6. The Balaban J connectivity index is 1.84. The lowest BCUT2D eigenvalue weighted by Crippen LogP contribution is -2.51. The number of nitrogens with one attached hydrogen (secondary N) is 1. The number of aromatic amines is 1. The van der Waals surface area contributed by atoms with Crippen LogP contribution in [0.1, 0.15) is 49.2 Å². The minimum atomic E-state index is -1.67. The number of H-pyrrole nitrogens is 1. The van der Waals surface area contributed by atoms with Crippen LogP contribution in [0.3, 0.4) is 0 Å². The molecule has 23 heavy (non-hydrogen) atoms. The summed E-state index contributed by atoms with van der Waals surface area (Å²) in [6.45, 7) is 4.50. The second-order valence-corrected chi connectivity index (χ2v) is 6.91. The Morgan fingerprint density at radius 1 is 1.39 bits per heavy atom. The van der Waals surface area contributed by atoms with E-state index in [2.05, 4.69) is 16.8 Å². The molecule has 2 N–H and O–H groups in total. The maximum Gasteiger partial charge on any atom is 0.339 e. The van der Waals surface area contributed by atoms with Crippen LogP contribution in [0.4, 0.5) is 0 Å². The van der Waals surface area contributed by atoms with Crippen LogP contribution < -0.4 is 0 Å². The van der Waals surface area contributed by atoms with Crippen molar-refractivity contribution in [1.29, 1.82) is 0 Å². The summed E-state index contributed by atoms with van der Waals surface area (Å²) in [6.07, 6.45) is 2.96. The van der Waals surface area contributed by atoms with Gasteiger partial charge < -0.3 is 10.1 Å². The van der Waals surface area contributed by atoms with Crippen LogP contribution in [0, 0.1) is 10.1 Å². The molecule has 1 aromatic carbocycles. The van der Waals surface area contributed by atoms with Gasteiger partial charge in [0.2, 0.25) is 0 Å². The molecule has 1 aromatic heterocycles. The maximum atomic E-state index is 10.8. The number of aromatic nitrogens is 1. The Hall–Kier alpha value is -1.92. The van der Waals surface area contributed by atoms with Crippen molar-refractivity contribution in [2.24, 2.45) is 0 Å². The largest absolute Gasteiger partial charge is 0.357 e. The average molecular weight is 315 g/mol. The zero-order valence-corrected chi connectivity index (χ0v) is 13.2. The lowest BCUT2D eigenvalue weighted by molar-refractivity contribution is -0.578. The van der Waals surface area contributed by atoms with Crippen LogP contribution >= 0.6 is 0 Å². The number of nitrogens with zero attached hydrogens (tertiary/aromatic N) is 2. The monoisotopic (exact) mass is 315 g/mol. The van der Waals surface area contributed by atoms with E-state index in [-0.39, 0.29) is 5.54 Å². The topological polar surface area (TPSA) is 82.4 Å². The van der Waals surface area contributed by atoms with Crippen LogP contribution in [0.2, 0.25) is 0 Å². The van der Waals surface area contributed by atoms with Crippen LogP contribution in [-0.2, 0) is 12.0 Å². The van der Waals surface area contributed by atoms with Gasteiger partial charge >= 0.3 is 6.23 Å². The van der Waals surface area contributed by atoms with Crippen molar-refractivity contribution in [2.45, 2.75) is 44.4 Å².